The minimum atomic E-state index is -0.785. The van der Waals surface area contributed by atoms with Crippen LogP contribution in [0.25, 0.3) is 0 Å². The number of primary amides is 1. The zero-order chi connectivity index (χ0) is 12.1. The molecule has 1 atom stereocenters. The van der Waals surface area contributed by atoms with Crippen LogP contribution in [0.4, 0.5) is 0 Å². The lowest BCUT2D eigenvalue weighted by molar-refractivity contribution is -0.123. The van der Waals surface area contributed by atoms with Gasteiger partial charge >= 0.3 is 0 Å². The van der Waals surface area contributed by atoms with Gasteiger partial charge in [0.1, 0.15) is 11.5 Å². The van der Waals surface area contributed by atoms with Crippen molar-refractivity contribution < 1.29 is 19.1 Å². The molecule has 0 fully saturated rings. The smallest absolute Gasteiger partial charge is 0.258 e. The van der Waals surface area contributed by atoms with E-state index < -0.39 is 12.0 Å². The Labute approximate surface area is 93.1 Å². The molecule has 0 unspecified atom stereocenters. The predicted molar refractivity (Wildman–Crippen MR) is 57.7 cm³/mol. The third-order valence-corrected chi connectivity index (χ3v) is 2.05. The molecule has 16 heavy (non-hydrogen) atoms. The quantitative estimate of drug-likeness (QED) is 0.747. The molecule has 0 heterocycles. The molecule has 2 N–H and O–H groups in total. The number of rotatable bonds is 5. The molecule has 1 rings (SSSR count). The summed E-state index contributed by atoms with van der Waals surface area (Å²) in [5.74, 6) is 0.260. The summed E-state index contributed by atoms with van der Waals surface area (Å²) in [5.41, 5.74) is 5.37. The van der Waals surface area contributed by atoms with E-state index in [1.54, 1.807) is 12.1 Å². The highest BCUT2D eigenvalue weighted by Crippen LogP contribution is 2.23. The number of hydrogen-bond donors (Lipinski definition) is 1. The fourth-order valence-electron chi connectivity index (χ4n) is 1.10. The summed E-state index contributed by atoms with van der Waals surface area (Å²) in [6, 6.07) is 4.72. The average Bonchev–Trinajstić information content (AvgIpc) is 2.29. The second kappa shape index (κ2) is 5.16. The van der Waals surface area contributed by atoms with Gasteiger partial charge in [-0.25, -0.2) is 0 Å². The molecule has 1 amide bonds. The van der Waals surface area contributed by atoms with E-state index >= 15 is 0 Å². The molecule has 0 aliphatic heterocycles. The molecule has 86 valence electrons. The summed E-state index contributed by atoms with van der Waals surface area (Å²) in [4.78, 5) is 21.6. The van der Waals surface area contributed by atoms with Gasteiger partial charge in [0.05, 0.1) is 12.7 Å². The van der Waals surface area contributed by atoms with Gasteiger partial charge in [0.15, 0.2) is 12.4 Å². The van der Waals surface area contributed by atoms with Crippen LogP contribution in [0.3, 0.4) is 0 Å². The van der Waals surface area contributed by atoms with Gasteiger partial charge < -0.3 is 15.2 Å². The number of nitrogens with two attached hydrogens (primary N) is 1. The molecular formula is C11H13NO4. The molecule has 5 nitrogen and oxygen atoms in total. The molecule has 1 aromatic carbocycles. The minimum absolute atomic E-state index is 0.308. The van der Waals surface area contributed by atoms with E-state index in [9.17, 15) is 9.59 Å². The van der Waals surface area contributed by atoms with E-state index in [2.05, 4.69) is 0 Å². The Kier molecular flexibility index (Phi) is 3.88. The summed E-state index contributed by atoms with van der Waals surface area (Å²) in [6.45, 7) is 1.52. The summed E-state index contributed by atoms with van der Waals surface area (Å²) >= 11 is 0. The lowest BCUT2D eigenvalue weighted by Gasteiger charge is -2.13. The lowest BCUT2D eigenvalue weighted by Crippen LogP contribution is -2.30. The second-order valence-electron chi connectivity index (χ2n) is 3.18. The number of aldehydes is 1. The van der Waals surface area contributed by atoms with Gasteiger partial charge in [-0.3, -0.25) is 9.59 Å². The number of hydrogen-bond acceptors (Lipinski definition) is 4. The van der Waals surface area contributed by atoms with Gasteiger partial charge in [-0.1, -0.05) is 0 Å². The highest BCUT2D eigenvalue weighted by atomic mass is 16.5. The van der Waals surface area contributed by atoms with E-state index in [1.165, 1.54) is 20.1 Å². The van der Waals surface area contributed by atoms with Crippen LogP contribution in [-0.4, -0.2) is 25.4 Å². The summed E-state index contributed by atoms with van der Waals surface area (Å²) < 4.78 is 10.2. The van der Waals surface area contributed by atoms with Crippen molar-refractivity contribution >= 4 is 12.2 Å². The number of methoxy groups -OCH3 is 1. The largest absolute Gasteiger partial charge is 0.497 e. The van der Waals surface area contributed by atoms with Crippen molar-refractivity contribution in [2.75, 3.05) is 7.11 Å². The Hall–Kier alpha value is -2.04. The zero-order valence-corrected chi connectivity index (χ0v) is 9.10. The fraction of sp³-hybridized carbons (Fsp3) is 0.273. The first kappa shape index (κ1) is 12.0. The molecule has 1 aromatic rings. The molecule has 0 saturated carbocycles. The molecule has 0 radical (unpaired) electrons. The van der Waals surface area contributed by atoms with Crippen LogP contribution in [0.15, 0.2) is 18.2 Å². The van der Waals surface area contributed by atoms with Crippen LogP contribution in [0.2, 0.25) is 0 Å². The van der Waals surface area contributed by atoms with Crippen molar-refractivity contribution in [3.63, 3.8) is 0 Å². The molecule has 0 aliphatic rings. The molecule has 0 aromatic heterocycles. The first-order valence-corrected chi connectivity index (χ1v) is 4.67. The molecule has 0 saturated heterocycles. The first-order valence-electron chi connectivity index (χ1n) is 4.67. The predicted octanol–water partition coefficient (Wildman–Crippen LogP) is 0.760. The van der Waals surface area contributed by atoms with Gasteiger partial charge in [-0.15, -0.1) is 0 Å². The highest BCUT2D eigenvalue weighted by Gasteiger charge is 2.13. The van der Waals surface area contributed by atoms with E-state index in [0.717, 1.165) is 0 Å². The average molecular weight is 223 g/mol. The van der Waals surface area contributed by atoms with Gasteiger partial charge in [-0.05, 0) is 25.1 Å². The number of carbonyl (C=O) groups is 2. The molecule has 0 bridgehead atoms. The van der Waals surface area contributed by atoms with Gasteiger partial charge in [0.25, 0.3) is 5.91 Å². The van der Waals surface area contributed by atoms with Crippen molar-refractivity contribution in [2.24, 2.45) is 5.73 Å². The van der Waals surface area contributed by atoms with E-state index in [1.807, 2.05) is 0 Å². The van der Waals surface area contributed by atoms with Crippen LogP contribution in [-0.2, 0) is 4.79 Å². The number of ether oxygens (including phenoxy) is 2. The van der Waals surface area contributed by atoms with Crippen LogP contribution >= 0.6 is 0 Å². The number of benzene rings is 1. The fourth-order valence-corrected chi connectivity index (χ4v) is 1.10. The maximum Gasteiger partial charge on any atom is 0.258 e. The van der Waals surface area contributed by atoms with Gasteiger partial charge in [-0.2, -0.15) is 0 Å². The van der Waals surface area contributed by atoms with Crippen molar-refractivity contribution in [2.45, 2.75) is 13.0 Å². The Morgan fingerprint density at radius 2 is 2.19 bits per heavy atom. The monoisotopic (exact) mass is 223 g/mol. The Balaban J connectivity index is 2.95. The SMILES string of the molecule is COc1ccc(O[C@@H](C)C(N)=O)c(C=O)c1. The molecule has 5 heteroatoms. The summed E-state index contributed by atoms with van der Waals surface area (Å²) in [5, 5.41) is 0. The van der Waals surface area contributed by atoms with Crippen LogP contribution in [0.1, 0.15) is 17.3 Å². The van der Waals surface area contributed by atoms with Crippen LogP contribution in [0.5, 0.6) is 11.5 Å². The summed E-state index contributed by atoms with van der Waals surface area (Å²) in [6.07, 6.45) is -0.155. The number of carbonyl (C=O) groups excluding carboxylic acids is 2. The summed E-state index contributed by atoms with van der Waals surface area (Å²) in [7, 11) is 1.50. The molecule has 0 spiro atoms. The Morgan fingerprint density at radius 1 is 1.50 bits per heavy atom. The van der Waals surface area contributed by atoms with Crippen molar-refractivity contribution in [1.29, 1.82) is 0 Å². The van der Waals surface area contributed by atoms with Crippen molar-refractivity contribution in [3.8, 4) is 11.5 Å². The van der Waals surface area contributed by atoms with E-state index in [-0.39, 0.29) is 0 Å². The maximum absolute atomic E-state index is 10.8. The van der Waals surface area contributed by atoms with E-state index in [0.29, 0.717) is 23.3 Å². The first-order chi connectivity index (χ1) is 7.58. The van der Waals surface area contributed by atoms with Gasteiger partial charge in [0, 0.05) is 0 Å². The Morgan fingerprint density at radius 3 is 2.69 bits per heavy atom. The Bertz CT molecular complexity index is 403. The van der Waals surface area contributed by atoms with Crippen LogP contribution < -0.4 is 15.2 Å². The molecular weight excluding hydrogens is 210 g/mol. The topological polar surface area (TPSA) is 78.6 Å². The maximum atomic E-state index is 10.8. The highest BCUT2D eigenvalue weighted by molar-refractivity contribution is 5.82. The third-order valence-electron chi connectivity index (χ3n) is 2.05. The van der Waals surface area contributed by atoms with Crippen molar-refractivity contribution in [3.05, 3.63) is 23.8 Å². The van der Waals surface area contributed by atoms with Gasteiger partial charge in [0.2, 0.25) is 0 Å². The molecule has 0 aliphatic carbocycles. The van der Waals surface area contributed by atoms with E-state index in [4.69, 9.17) is 15.2 Å². The zero-order valence-electron chi connectivity index (χ0n) is 9.10. The minimum Gasteiger partial charge on any atom is -0.497 e. The standard InChI is InChI=1S/C11H13NO4/c1-7(11(12)14)16-10-4-3-9(15-2)5-8(10)6-13/h3-7H,1-2H3,(H2,12,14)/t7-/m0/s1. The normalized spacial score (nSPS) is 11.6. The van der Waals surface area contributed by atoms with Crippen molar-refractivity contribution in [1.82, 2.24) is 0 Å². The number of amides is 1. The second-order valence-corrected chi connectivity index (χ2v) is 3.18. The lowest BCUT2D eigenvalue weighted by atomic mass is 10.2. The van der Waals surface area contributed by atoms with Crippen LogP contribution in [0, 0.1) is 0 Å². The third kappa shape index (κ3) is 2.73.